The molecule has 0 heterocycles. The molecule has 0 saturated heterocycles. The van der Waals surface area contributed by atoms with Crippen LogP contribution in [0, 0.1) is 5.41 Å². The van der Waals surface area contributed by atoms with Gasteiger partial charge in [0.25, 0.3) is 0 Å². The highest BCUT2D eigenvalue weighted by atomic mass is 32.2. The summed E-state index contributed by atoms with van der Waals surface area (Å²) in [6, 6.07) is 0. The zero-order chi connectivity index (χ0) is 13.1. The third kappa shape index (κ3) is 5.21. The van der Waals surface area contributed by atoms with Crippen molar-refractivity contribution in [2.75, 3.05) is 11.5 Å². The van der Waals surface area contributed by atoms with E-state index in [2.05, 4.69) is 13.8 Å². The summed E-state index contributed by atoms with van der Waals surface area (Å²) in [6.45, 7) is 5.97. The molecule has 0 aromatic heterocycles. The van der Waals surface area contributed by atoms with Crippen LogP contribution in [0.2, 0.25) is 0 Å². The average molecular weight is 260 g/mol. The van der Waals surface area contributed by atoms with Gasteiger partial charge in [-0.2, -0.15) is 0 Å². The minimum Gasteiger partial charge on any atom is -0.389 e. The van der Waals surface area contributed by atoms with Crippen molar-refractivity contribution in [3.63, 3.8) is 0 Å². The maximum atomic E-state index is 11.4. The molecule has 0 radical (unpaired) electrons. The van der Waals surface area contributed by atoms with E-state index >= 15 is 0 Å². The number of hydrogen-bond donors (Lipinski definition) is 1. The Bertz CT molecular complexity index is 379. The molecular formula is C13H24O3S. The van der Waals surface area contributed by atoms with Crippen molar-refractivity contribution in [3.8, 4) is 0 Å². The molecule has 1 aliphatic carbocycles. The van der Waals surface area contributed by atoms with Gasteiger partial charge in [-0.05, 0) is 31.1 Å². The van der Waals surface area contributed by atoms with Gasteiger partial charge in [0, 0.05) is 5.75 Å². The Hall–Kier alpha value is -0.350. The van der Waals surface area contributed by atoms with Gasteiger partial charge in [0.15, 0.2) is 0 Å². The molecule has 0 saturated carbocycles. The molecule has 1 unspecified atom stereocenters. The second kappa shape index (κ2) is 5.53. The van der Waals surface area contributed by atoms with Crippen molar-refractivity contribution < 1.29 is 13.5 Å². The number of rotatable bonds is 5. The summed E-state index contributed by atoms with van der Waals surface area (Å²) in [5.74, 6) is 0.484. The van der Waals surface area contributed by atoms with E-state index in [9.17, 15) is 13.5 Å². The van der Waals surface area contributed by atoms with E-state index in [1.807, 2.05) is 6.08 Å². The smallest absolute Gasteiger partial charge is 0.150 e. The first-order valence-electron chi connectivity index (χ1n) is 6.32. The average Bonchev–Trinajstić information content (AvgIpc) is 2.14. The van der Waals surface area contributed by atoms with E-state index in [1.54, 1.807) is 6.92 Å². The number of allylic oxidation sites excluding steroid dienone is 1. The molecule has 0 bridgehead atoms. The Morgan fingerprint density at radius 3 is 2.65 bits per heavy atom. The lowest BCUT2D eigenvalue weighted by Gasteiger charge is -2.32. The van der Waals surface area contributed by atoms with Crippen LogP contribution in [-0.4, -0.2) is 31.1 Å². The van der Waals surface area contributed by atoms with Gasteiger partial charge < -0.3 is 5.11 Å². The minimum atomic E-state index is -2.85. The fourth-order valence-electron chi connectivity index (χ4n) is 2.48. The fourth-order valence-corrected chi connectivity index (χ4v) is 3.35. The second-order valence-corrected chi connectivity index (χ2v) is 8.25. The molecule has 3 nitrogen and oxygen atoms in total. The standard InChI is InChI=1S/C13H24O3S/c1-4-17(15,16)7-5-6-11-8-12(14)10-13(2,3)9-11/h8,12,14H,4-7,9-10H2,1-3H3. The molecule has 0 aliphatic heterocycles. The highest BCUT2D eigenvalue weighted by Gasteiger charge is 2.27. The van der Waals surface area contributed by atoms with E-state index in [-0.39, 0.29) is 23.0 Å². The van der Waals surface area contributed by atoms with Crippen LogP contribution < -0.4 is 0 Å². The highest BCUT2D eigenvalue weighted by molar-refractivity contribution is 7.91. The minimum absolute atomic E-state index is 0.132. The van der Waals surface area contributed by atoms with Crippen LogP contribution in [0.25, 0.3) is 0 Å². The SMILES string of the molecule is CCS(=O)(=O)CCCC1=CC(O)CC(C)(C)C1. The van der Waals surface area contributed by atoms with Gasteiger partial charge in [0.2, 0.25) is 0 Å². The summed E-state index contributed by atoms with van der Waals surface area (Å²) in [5, 5.41) is 9.73. The molecule has 100 valence electrons. The van der Waals surface area contributed by atoms with Crippen LogP contribution in [0.15, 0.2) is 11.6 Å². The first kappa shape index (κ1) is 14.7. The van der Waals surface area contributed by atoms with Gasteiger partial charge in [0.1, 0.15) is 9.84 Å². The Kier molecular flexibility index (Phi) is 4.78. The molecule has 1 N–H and O–H groups in total. The highest BCUT2D eigenvalue weighted by Crippen LogP contribution is 2.36. The van der Waals surface area contributed by atoms with Crippen molar-refractivity contribution in [2.24, 2.45) is 5.41 Å². The lowest BCUT2D eigenvalue weighted by atomic mass is 9.75. The molecule has 0 spiro atoms. The molecule has 1 atom stereocenters. The van der Waals surface area contributed by atoms with Crippen LogP contribution in [0.5, 0.6) is 0 Å². The Morgan fingerprint density at radius 2 is 2.12 bits per heavy atom. The van der Waals surface area contributed by atoms with Crippen LogP contribution in [0.1, 0.15) is 46.5 Å². The van der Waals surface area contributed by atoms with Gasteiger partial charge in [0.05, 0.1) is 11.9 Å². The van der Waals surface area contributed by atoms with Crippen molar-refractivity contribution in [1.29, 1.82) is 0 Å². The van der Waals surface area contributed by atoms with Gasteiger partial charge >= 0.3 is 0 Å². The van der Waals surface area contributed by atoms with Crippen molar-refractivity contribution >= 4 is 9.84 Å². The number of aliphatic hydroxyl groups is 1. The zero-order valence-electron chi connectivity index (χ0n) is 11.1. The summed E-state index contributed by atoms with van der Waals surface area (Å²) in [6.07, 6.45) is 4.77. The summed E-state index contributed by atoms with van der Waals surface area (Å²) < 4.78 is 22.7. The molecule has 0 aromatic carbocycles. The summed E-state index contributed by atoms with van der Waals surface area (Å²) >= 11 is 0. The van der Waals surface area contributed by atoms with Gasteiger partial charge in [-0.1, -0.05) is 32.4 Å². The van der Waals surface area contributed by atoms with Crippen molar-refractivity contribution in [2.45, 2.75) is 52.6 Å². The van der Waals surface area contributed by atoms with E-state index in [1.165, 1.54) is 5.57 Å². The fraction of sp³-hybridized carbons (Fsp3) is 0.846. The normalized spacial score (nSPS) is 24.5. The molecule has 1 rings (SSSR count). The van der Waals surface area contributed by atoms with Crippen LogP contribution in [0.3, 0.4) is 0 Å². The van der Waals surface area contributed by atoms with E-state index in [0.717, 1.165) is 19.3 Å². The second-order valence-electron chi connectivity index (χ2n) is 5.78. The molecule has 1 aliphatic rings. The summed E-state index contributed by atoms with van der Waals surface area (Å²) in [5.41, 5.74) is 1.34. The lowest BCUT2D eigenvalue weighted by molar-refractivity contribution is 0.137. The topological polar surface area (TPSA) is 54.4 Å². The molecule has 4 heteroatoms. The van der Waals surface area contributed by atoms with Crippen LogP contribution in [-0.2, 0) is 9.84 Å². The third-order valence-corrected chi connectivity index (χ3v) is 5.08. The summed E-state index contributed by atoms with van der Waals surface area (Å²) in [4.78, 5) is 0. The largest absolute Gasteiger partial charge is 0.389 e. The monoisotopic (exact) mass is 260 g/mol. The maximum Gasteiger partial charge on any atom is 0.150 e. The van der Waals surface area contributed by atoms with E-state index < -0.39 is 9.84 Å². The van der Waals surface area contributed by atoms with E-state index in [4.69, 9.17) is 0 Å². The Balaban J connectivity index is 2.48. The molecule has 17 heavy (non-hydrogen) atoms. The molecule has 0 fully saturated rings. The van der Waals surface area contributed by atoms with Crippen LogP contribution in [0.4, 0.5) is 0 Å². The zero-order valence-corrected chi connectivity index (χ0v) is 11.9. The number of sulfone groups is 1. The Labute approximate surface area is 105 Å². The molecular weight excluding hydrogens is 236 g/mol. The first-order valence-corrected chi connectivity index (χ1v) is 8.14. The third-order valence-electron chi connectivity index (χ3n) is 3.29. The van der Waals surface area contributed by atoms with Gasteiger partial charge in [-0.25, -0.2) is 8.42 Å². The number of hydrogen-bond acceptors (Lipinski definition) is 3. The molecule has 0 amide bonds. The number of aliphatic hydroxyl groups excluding tert-OH is 1. The predicted molar refractivity (Wildman–Crippen MR) is 70.7 cm³/mol. The van der Waals surface area contributed by atoms with Crippen LogP contribution >= 0.6 is 0 Å². The predicted octanol–water partition coefficient (Wildman–Crippen LogP) is 2.31. The summed E-state index contributed by atoms with van der Waals surface area (Å²) in [7, 11) is -2.85. The quantitative estimate of drug-likeness (QED) is 0.772. The van der Waals surface area contributed by atoms with Crippen molar-refractivity contribution in [1.82, 2.24) is 0 Å². The van der Waals surface area contributed by atoms with Gasteiger partial charge in [-0.3, -0.25) is 0 Å². The maximum absolute atomic E-state index is 11.4. The van der Waals surface area contributed by atoms with E-state index in [0.29, 0.717) is 6.42 Å². The first-order chi connectivity index (χ1) is 7.74. The lowest BCUT2D eigenvalue weighted by Crippen LogP contribution is -2.25. The van der Waals surface area contributed by atoms with Gasteiger partial charge in [-0.15, -0.1) is 0 Å². The Morgan fingerprint density at radius 1 is 1.47 bits per heavy atom. The van der Waals surface area contributed by atoms with Crippen molar-refractivity contribution in [3.05, 3.63) is 11.6 Å². The molecule has 0 aromatic rings.